The third-order valence-electron chi connectivity index (χ3n) is 4.73. The van der Waals surface area contributed by atoms with E-state index in [-0.39, 0.29) is 17.6 Å². The SMILES string of the molecule is Bc1cccc2c1C(=O)N(C(C[S+](C)[O-])c1ccc(OC)c(OCC)c1)C2=O. The van der Waals surface area contributed by atoms with Crippen molar-refractivity contribution in [1.29, 1.82) is 0 Å². The first-order valence-electron chi connectivity index (χ1n) is 8.97. The first-order chi connectivity index (χ1) is 13.4. The normalized spacial score (nSPS) is 15.4. The summed E-state index contributed by atoms with van der Waals surface area (Å²) in [5.41, 5.74) is 2.22. The van der Waals surface area contributed by atoms with Gasteiger partial charge in [-0.25, -0.2) is 0 Å². The Kier molecular flexibility index (Phi) is 6.00. The highest BCUT2D eigenvalue weighted by Gasteiger charge is 2.42. The zero-order valence-corrected chi connectivity index (χ0v) is 17.2. The monoisotopic (exact) mass is 399 g/mol. The summed E-state index contributed by atoms with van der Waals surface area (Å²) in [6, 6.07) is 9.81. The summed E-state index contributed by atoms with van der Waals surface area (Å²) in [4.78, 5) is 27.4. The maximum absolute atomic E-state index is 13.1. The Morgan fingerprint density at radius 2 is 1.93 bits per heavy atom. The largest absolute Gasteiger partial charge is 0.616 e. The Bertz CT molecular complexity index is 917. The van der Waals surface area contributed by atoms with Crippen molar-refractivity contribution >= 4 is 36.3 Å². The second kappa shape index (κ2) is 8.28. The predicted octanol–water partition coefficient (Wildman–Crippen LogP) is 1.07. The molecule has 6 nitrogen and oxygen atoms in total. The maximum Gasteiger partial charge on any atom is 0.262 e. The van der Waals surface area contributed by atoms with E-state index in [0.717, 1.165) is 5.46 Å². The fraction of sp³-hybridized carbons (Fsp3) is 0.300. The van der Waals surface area contributed by atoms with Gasteiger partial charge >= 0.3 is 0 Å². The summed E-state index contributed by atoms with van der Waals surface area (Å²) in [6.07, 6.45) is 1.56. The van der Waals surface area contributed by atoms with Crippen LogP contribution in [0.2, 0.25) is 0 Å². The summed E-state index contributed by atoms with van der Waals surface area (Å²) in [7, 11) is 3.35. The van der Waals surface area contributed by atoms with Gasteiger partial charge in [0.05, 0.1) is 25.5 Å². The highest BCUT2D eigenvalue weighted by Crippen LogP contribution is 2.36. The lowest BCUT2D eigenvalue weighted by Crippen LogP contribution is -2.38. The fourth-order valence-corrected chi connectivity index (χ4v) is 4.25. The molecule has 2 unspecified atom stereocenters. The topological polar surface area (TPSA) is 78.9 Å². The molecule has 0 aliphatic carbocycles. The Morgan fingerprint density at radius 3 is 2.54 bits per heavy atom. The fourth-order valence-electron chi connectivity index (χ4n) is 3.47. The molecular weight excluding hydrogens is 377 g/mol. The molecule has 2 aromatic carbocycles. The predicted molar refractivity (Wildman–Crippen MR) is 111 cm³/mol. The number of fused-ring (bicyclic) bond motifs is 1. The Hall–Kier alpha value is -2.45. The molecule has 28 heavy (non-hydrogen) atoms. The number of imide groups is 1. The van der Waals surface area contributed by atoms with E-state index in [9.17, 15) is 14.1 Å². The Morgan fingerprint density at radius 1 is 1.18 bits per heavy atom. The molecule has 0 saturated carbocycles. The molecule has 0 saturated heterocycles. The molecule has 146 valence electrons. The second-order valence-corrected chi connectivity index (χ2v) is 8.06. The lowest BCUT2D eigenvalue weighted by molar-refractivity contribution is 0.0598. The average Bonchev–Trinajstić information content (AvgIpc) is 2.91. The number of hydrogen-bond acceptors (Lipinski definition) is 5. The lowest BCUT2D eigenvalue weighted by Gasteiger charge is -2.27. The van der Waals surface area contributed by atoms with E-state index in [1.54, 1.807) is 57.6 Å². The van der Waals surface area contributed by atoms with Gasteiger partial charge in [0, 0.05) is 5.56 Å². The molecular formula is C20H22BNO5S. The number of amides is 2. The van der Waals surface area contributed by atoms with Gasteiger partial charge in [0.15, 0.2) is 11.5 Å². The van der Waals surface area contributed by atoms with Gasteiger partial charge in [0.2, 0.25) is 0 Å². The van der Waals surface area contributed by atoms with Crippen LogP contribution in [0.25, 0.3) is 0 Å². The van der Waals surface area contributed by atoms with Crippen LogP contribution in [0.4, 0.5) is 0 Å². The second-order valence-electron chi connectivity index (χ2n) is 6.58. The molecule has 1 heterocycles. The van der Waals surface area contributed by atoms with Crippen molar-refractivity contribution in [2.24, 2.45) is 0 Å². The van der Waals surface area contributed by atoms with Crippen LogP contribution in [0.1, 0.15) is 39.2 Å². The molecule has 0 aromatic heterocycles. The number of benzene rings is 2. The quantitative estimate of drug-likeness (QED) is 0.395. The number of carbonyl (C=O) groups excluding carboxylic acids is 2. The number of ether oxygens (including phenoxy) is 2. The van der Waals surface area contributed by atoms with Gasteiger partial charge < -0.3 is 14.0 Å². The van der Waals surface area contributed by atoms with Crippen LogP contribution in [-0.2, 0) is 11.2 Å². The Balaban J connectivity index is 2.07. The molecule has 0 spiro atoms. The minimum atomic E-state index is -1.23. The molecule has 0 fully saturated rings. The minimum Gasteiger partial charge on any atom is -0.616 e. The third-order valence-corrected chi connectivity index (χ3v) is 5.52. The molecule has 8 heteroatoms. The highest BCUT2D eigenvalue weighted by molar-refractivity contribution is 7.90. The van der Waals surface area contributed by atoms with Crippen LogP contribution < -0.4 is 14.9 Å². The summed E-state index contributed by atoms with van der Waals surface area (Å²) >= 11 is -1.23. The zero-order chi connectivity index (χ0) is 20.4. The molecule has 0 N–H and O–H groups in total. The van der Waals surface area contributed by atoms with Crippen LogP contribution in [-0.4, -0.2) is 54.8 Å². The van der Waals surface area contributed by atoms with Gasteiger partial charge in [-0.1, -0.05) is 34.8 Å². The van der Waals surface area contributed by atoms with Crippen LogP contribution in [0.5, 0.6) is 11.5 Å². The molecule has 1 aliphatic heterocycles. The van der Waals surface area contributed by atoms with E-state index in [0.29, 0.717) is 34.8 Å². The van der Waals surface area contributed by atoms with E-state index < -0.39 is 17.2 Å². The summed E-state index contributed by atoms with van der Waals surface area (Å²) in [5.74, 6) is 0.486. The van der Waals surface area contributed by atoms with Crippen molar-refractivity contribution < 1.29 is 23.6 Å². The number of methoxy groups -OCH3 is 1. The zero-order valence-electron chi connectivity index (χ0n) is 16.4. The molecule has 0 bridgehead atoms. The third kappa shape index (κ3) is 3.62. The minimum absolute atomic E-state index is 0.141. The van der Waals surface area contributed by atoms with E-state index in [4.69, 9.17) is 9.47 Å². The van der Waals surface area contributed by atoms with E-state index in [1.165, 1.54) is 4.90 Å². The van der Waals surface area contributed by atoms with Crippen molar-refractivity contribution in [3.63, 3.8) is 0 Å². The molecule has 3 rings (SSSR count). The van der Waals surface area contributed by atoms with Crippen molar-refractivity contribution in [3.05, 3.63) is 53.1 Å². The van der Waals surface area contributed by atoms with Crippen molar-refractivity contribution in [2.75, 3.05) is 25.7 Å². The van der Waals surface area contributed by atoms with Gasteiger partial charge in [0.1, 0.15) is 19.6 Å². The van der Waals surface area contributed by atoms with Gasteiger partial charge in [-0.2, -0.15) is 0 Å². The number of rotatable bonds is 7. The number of hydrogen-bond donors (Lipinski definition) is 0. The smallest absolute Gasteiger partial charge is 0.262 e. The van der Waals surface area contributed by atoms with Gasteiger partial charge in [-0.05, 0) is 30.7 Å². The first kappa shape index (κ1) is 20.3. The average molecular weight is 399 g/mol. The molecule has 2 aromatic rings. The van der Waals surface area contributed by atoms with Gasteiger partial charge in [0.25, 0.3) is 11.8 Å². The summed E-state index contributed by atoms with van der Waals surface area (Å²) in [5, 5.41) is 0. The van der Waals surface area contributed by atoms with Crippen molar-refractivity contribution in [3.8, 4) is 11.5 Å². The lowest BCUT2D eigenvalue weighted by atomic mass is 9.88. The first-order valence-corrected chi connectivity index (χ1v) is 10.7. The standard InChI is InChI=1S/C20H22BNO5S/c1-4-27-17-10-12(8-9-16(17)26-2)15(11-28(3)25)22-19(23)13-6-5-7-14(21)18(13)20(22)24/h5-10,15H,4,11,21H2,1-3H3. The van der Waals surface area contributed by atoms with Crippen LogP contribution in [0.15, 0.2) is 36.4 Å². The number of carbonyl (C=O) groups is 2. The molecule has 1 aliphatic rings. The van der Waals surface area contributed by atoms with E-state index in [1.807, 2.05) is 6.92 Å². The molecule has 2 atom stereocenters. The van der Waals surface area contributed by atoms with Crippen LogP contribution in [0.3, 0.4) is 0 Å². The van der Waals surface area contributed by atoms with E-state index >= 15 is 0 Å². The Labute approximate surface area is 168 Å². The summed E-state index contributed by atoms with van der Waals surface area (Å²) < 4.78 is 23.0. The van der Waals surface area contributed by atoms with E-state index in [2.05, 4.69) is 0 Å². The molecule has 2 amide bonds. The summed E-state index contributed by atoms with van der Waals surface area (Å²) in [6.45, 7) is 2.30. The maximum atomic E-state index is 13.1. The van der Waals surface area contributed by atoms with Crippen molar-refractivity contribution in [2.45, 2.75) is 13.0 Å². The van der Waals surface area contributed by atoms with Crippen molar-refractivity contribution in [1.82, 2.24) is 4.90 Å². The van der Waals surface area contributed by atoms with Crippen LogP contribution >= 0.6 is 0 Å². The highest BCUT2D eigenvalue weighted by atomic mass is 32.2. The number of nitrogens with zero attached hydrogens (tertiary/aromatic N) is 1. The van der Waals surface area contributed by atoms with Gasteiger partial charge in [-0.3, -0.25) is 14.5 Å². The van der Waals surface area contributed by atoms with Crippen LogP contribution in [0, 0.1) is 0 Å². The van der Waals surface area contributed by atoms with Gasteiger partial charge in [-0.15, -0.1) is 0 Å². The molecule has 0 radical (unpaired) electrons.